The van der Waals surface area contributed by atoms with Crippen LogP contribution in [0.2, 0.25) is 0 Å². The van der Waals surface area contributed by atoms with Gasteiger partial charge in [0.1, 0.15) is 0 Å². The Morgan fingerprint density at radius 1 is 0.490 bits per heavy atom. The van der Waals surface area contributed by atoms with Crippen LogP contribution in [0, 0.1) is 30.6 Å². The highest BCUT2D eigenvalue weighted by Crippen LogP contribution is 2.60. The maximum absolute atomic E-state index is 2.49. The van der Waals surface area contributed by atoms with Crippen LogP contribution in [0.5, 0.6) is 0 Å². The van der Waals surface area contributed by atoms with E-state index in [1.807, 2.05) is 0 Å². The highest BCUT2D eigenvalue weighted by molar-refractivity contribution is 5.88. The van der Waals surface area contributed by atoms with Crippen LogP contribution in [0.15, 0.2) is 140 Å². The van der Waals surface area contributed by atoms with Crippen LogP contribution in [-0.2, 0) is 5.41 Å². The minimum absolute atomic E-state index is 0.0628. The first-order chi connectivity index (χ1) is 24.9. The topological polar surface area (TPSA) is 3.24 Å². The molecule has 0 spiro atoms. The Balaban J connectivity index is 1.06. The lowest BCUT2D eigenvalue weighted by Gasteiger charge is -2.54. The molecule has 4 bridgehead atoms. The van der Waals surface area contributed by atoms with Gasteiger partial charge in [0.15, 0.2) is 0 Å². The Hall–Kier alpha value is -4.88. The summed E-state index contributed by atoms with van der Waals surface area (Å²) in [4.78, 5) is 2.49. The molecule has 0 aromatic heterocycles. The normalized spacial score (nSPS) is 23.5. The van der Waals surface area contributed by atoms with E-state index in [9.17, 15) is 0 Å². The third-order valence-corrected chi connectivity index (χ3v) is 13.4. The lowest BCUT2D eigenvalue weighted by molar-refractivity contribution is -0.00277. The molecule has 4 saturated carbocycles. The maximum Gasteiger partial charge on any atom is 0.0465 e. The zero-order chi connectivity index (χ0) is 34.3. The first kappa shape index (κ1) is 30.9. The number of fused-ring (bicyclic) bond motifs is 3. The zero-order valence-electron chi connectivity index (χ0n) is 30.1. The highest BCUT2D eigenvalue weighted by atomic mass is 15.1. The van der Waals surface area contributed by atoms with Crippen molar-refractivity contribution in [1.82, 2.24) is 0 Å². The molecular formula is C50H47N. The summed E-state index contributed by atoms with van der Waals surface area (Å²) in [6.07, 6.45) is 7.33. The van der Waals surface area contributed by atoms with Crippen molar-refractivity contribution in [3.8, 4) is 33.4 Å². The number of hydrogen-bond donors (Lipinski definition) is 0. The number of benzene rings is 6. The van der Waals surface area contributed by atoms with E-state index in [-0.39, 0.29) is 5.41 Å². The predicted octanol–water partition coefficient (Wildman–Crippen LogP) is 13.6. The largest absolute Gasteiger partial charge is 0.310 e. The molecule has 6 aromatic rings. The molecule has 0 heterocycles. The van der Waals surface area contributed by atoms with Crippen LogP contribution in [0.1, 0.15) is 74.1 Å². The van der Waals surface area contributed by atoms with Crippen molar-refractivity contribution in [3.63, 3.8) is 0 Å². The van der Waals surface area contributed by atoms with Gasteiger partial charge in [0.2, 0.25) is 0 Å². The monoisotopic (exact) mass is 661 g/mol. The summed E-state index contributed by atoms with van der Waals surface area (Å²) in [5.74, 6) is 4.52. The second-order valence-electron chi connectivity index (χ2n) is 16.7. The molecule has 6 aromatic carbocycles. The molecule has 0 amide bonds. The summed E-state index contributed by atoms with van der Waals surface area (Å²) in [5.41, 5.74) is 17.1. The highest BCUT2D eigenvalue weighted by Gasteiger charge is 2.48. The first-order valence-electron chi connectivity index (χ1n) is 19.3. The molecule has 11 rings (SSSR count). The standard InChI is InChI=1S/C50H47N/c1-32-10-9-15-46-48(32)45-25-24-42(31-47(45)50(46,2)3)51(41-22-18-37(19-23-41)49-38-27-33-26-34(29-38)30-39(49)28-33)40-20-16-36(17-21-40)44-14-8-7-13-43(44)35-11-5-4-6-12-35/h4-25,31,33-34,38-39,49H,26-30H2,1-3H3. The molecule has 5 aliphatic rings. The van der Waals surface area contributed by atoms with Crippen molar-refractivity contribution in [2.75, 3.05) is 4.90 Å². The number of rotatable bonds is 6. The predicted molar refractivity (Wildman–Crippen MR) is 214 cm³/mol. The molecule has 1 nitrogen and oxygen atoms in total. The zero-order valence-corrected chi connectivity index (χ0v) is 30.1. The van der Waals surface area contributed by atoms with Gasteiger partial charge >= 0.3 is 0 Å². The lowest BCUT2D eigenvalue weighted by Crippen LogP contribution is -2.43. The van der Waals surface area contributed by atoms with Crippen LogP contribution in [0.3, 0.4) is 0 Å². The van der Waals surface area contributed by atoms with E-state index in [2.05, 4.69) is 165 Å². The number of anilines is 3. The van der Waals surface area contributed by atoms with Gasteiger partial charge < -0.3 is 4.90 Å². The van der Waals surface area contributed by atoms with Gasteiger partial charge in [0.05, 0.1) is 0 Å². The molecule has 0 atom stereocenters. The van der Waals surface area contributed by atoms with Crippen LogP contribution >= 0.6 is 0 Å². The van der Waals surface area contributed by atoms with Gasteiger partial charge in [-0.25, -0.2) is 0 Å². The average molecular weight is 662 g/mol. The lowest BCUT2D eigenvalue weighted by atomic mass is 9.51. The van der Waals surface area contributed by atoms with Gasteiger partial charge in [0.25, 0.3) is 0 Å². The van der Waals surface area contributed by atoms with Gasteiger partial charge in [-0.15, -0.1) is 0 Å². The Morgan fingerprint density at radius 2 is 1.06 bits per heavy atom. The quantitative estimate of drug-likeness (QED) is 0.172. The third-order valence-electron chi connectivity index (χ3n) is 13.4. The van der Waals surface area contributed by atoms with Crippen LogP contribution in [-0.4, -0.2) is 0 Å². The first-order valence-corrected chi connectivity index (χ1v) is 19.3. The summed E-state index contributed by atoms with van der Waals surface area (Å²) in [6.45, 7) is 7.04. The molecule has 252 valence electrons. The van der Waals surface area contributed by atoms with E-state index in [1.165, 1.54) is 99.2 Å². The Kier molecular flexibility index (Phi) is 7.18. The van der Waals surface area contributed by atoms with E-state index >= 15 is 0 Å². The van der Waals surface area contributed by atoms with Crippen LogP contribution in [0.4, 0.5) is 17.1 Å². The maximum atomic E-state index is 2.49. The summed E-state index contributed by atoms with van der Waals surface area (Å²) >= 11 is 0. The van der Waals surface area contributed by atoms with Gasteiger partial charge in [0, 0.05) is 22.5 Å². The molecule has 0 N–H and O–H groups in total. The van der Waals surface area contributed by atoms with Gasteiger partial charge in [-0.05, 0) is 161 Å². The molecule has 51 heavy (non-hydrogen) atoms. The Bertz CT molecular complexity index is 2210. The Labute approximate surface area is 304 Å². The molecule has 0 radical (unpaired) electrons. The van der Waals surface area contributed by atoms with Crippen molar-refractivity contribution >= 4 is 17.1 Å². The van der Waals surface area contributed by atoms with E-state index in [4.69, 9.17) is 0 Å². The fourth-order valence-electron chi connectivity index (χ4n) is 11.3. The summed E-state index contributed by atoms with van der Waals surface area (Å²) in [7, 11) is 0. The molecule has 0 aliphatic heterocycles. The number of hydrogen-bond acceptors (Lipinski definition) is 1. The fraction of sp³-hybridized carbons (Fsp3) is 0.280. The fourth-order valence-corrected chi connectivity index (χ4v) is 11.3. The van der Waals surface area contributed by atoms with E-state index in [1.54, 1.807) is 5.56 Å². The summed E-state index contributed by atoms with van der Waals surface area (Å²) in [6, 6.07) is 52.6. The van der Waals surface area contributed by atoms with Crippen LogP contribution in [0.25, 0.3) is 33.4 Å². The van der Waals surface area contributed by atoms with E-state index < -0.39 is 0 Å². The smallest absolute Gasteiger partial charge is 0.0465 e. The third kappa shape index (κ3) is 5.03. The molecule has 0 unspecified atom stereocenters. The number of aryl methyl sites for hydroxylation is 1. The minimum atomic E-state index is -0.0628. The molecular weight excluding hydrogens is 615 g/mol. The van der Waals surface area contributed by atoms with E-state index in [0.717, 1.165) is 29.6 Å². The second kappa shape index (κ2) is 11.8. The van der Waals surface area contributed by atoms with E-state index in [0.29, 0.717) is 0 Å². The van der Waals surface area contributed by atoms with Crippen molar-refractivity contribution in [1.29, 1.82) is 0 Å². The van der Waals surface area contributed by atoms with Gasteiger partial charge in [-0.1, -0.05) is 117 Å². The number of nitrogens with zero attached hydrogens (tertiary/aromatic N) is 1. The average Bonchev–Trinajstić information content (AvgIpc) is 3.39. The Morgan fingerprint density at radius 3 is 1.71 bits per heavy atom. The molecule has 1 heteroatoms. The van der Waals surface area contributed by atoms with Crippen molar-refractivity contribution in [3.05, 3.63) is 162 Å². The van der Waals surface area contributed by atoms with Crippen molar-refractivity contribution in [2.24, 2.45) is 23.7 Å². The van der Waals surface area contributed by atoms with Gasteiger partial charge in [-0.3, -0.25) is 0 Å². The minimum Gasteiger partial charge on any atom is -0.310 e. The second-order valence-corrected chi connectivity index (χ2v) is 16.7. The SMILES string of the molecule is Cc1cccc2c1-c1ccc(N(c3ccc(-c4ccccc4-c4ccccc4)cc3)c3ccc(C4C5CC6CC(C5)CC4C6)cc3)cc1C2(C)C. The van der Waals surface area contributed by atoms with Crippen molar-refractivity contribution < 1.29 is 0 Å². The van der Waals surface area contributed by atoms with Gasteiger partial charge in [-0.2, -0.15) is 0 Å². The molecule has 4 fully saturated rings. The molecule has 5 aliphatic carbocycles. The molecule has 0 saturated heterocycles. The van der Waals surface area contributed by atoms with Crippen LogP contribution < -0.4 is 4.90 Å². The van der Waals surface area contributed by atoms with Crippen molar-refractivity contribution in [2.45, 2.75) is 64.2 Å². The summed E-state index contributed by atoms with van der Waals surface area (Å²) in [5, 5.41) is 0. The summed E-state index contributed by atoms with van der Waals surface area (Å²) < 4.78 is 0.